The van der Waals surface area contributed by atoms with E-state index in [1.165, 1.54) is 12.2 Å². The molecule has 0 heterocycles. The fourth-order valence-corrected chi connectivity index (χ4v) is 0.918. The van der Waals surface area contributed by atoms with Crippen LogP contribution in [0.15, 0.2) is 23.9 Å². The summed E-state index contributed by atoms with van der Waals surface area (Å²) in [5, 5.41) is 20.4. The molecule has 0 amide bonds. The highest BCUT2D eigenvalue weighted by Crippen LogP contribution is 2.12. The Labute approximate surface area is 67.5 Å². The minimum absolute atomic E-state index is 0.206. The van der Waals surface area contributed by atoms with Crippen molar-refractivity contribution >= 4 is 0 Å². The maximum Gasteiger partial charge on any atom is 0.271 e. The van der Waals surface area contributed by atoms with E-state index in [4.69, 9.17) is 0 Å². The zero-order valence-electron chi connectivity index (χ0n) is 6.04. The lowest BCUT2D eigenvalue weighted by molar-refractivity contribution is -0.511. The Morgan fingerprint density at radius 3 is 2.58 bits per heavy atom. The van der Waals surface area contributed by atoms with Gasteiger partial charge < -0.3 is 0 Å². The van der Waals surface area contributed by atoms with Gasteiger partial charge in [-0.15, -0.1) is 0 Å². The first-order valence-corrected chi connectivity index (χ1v) is 3.27. The molecule has 1 atom stereocenters. The monoisotopic (exact) mass is 170 g/mol. The van der Waals surface area contributed by atoms with Gasteiger partial charge in [-0.3, -0.25) is 20.2 Å². The van der Waals surface area contributed by atoms with Crippen LogP contribution in [-0.4, -0.2) is 15.9 Å². The van der Waals surface area contributed by atoms with Gasteiger partial charge in [0, 0.05) is 17.4 Å². The highest BCUT2D eigenvalue weighted by molar-refractivity contribution is 5.18. The molecule has 1 aliphatic carbocycles. The lowest BCUT2D eigenvalue weighted by atomic mass is 10.1. The number of nitrogens with zero attached hydrogens (tertiary/aromatic N) is 2. The minimum Gasteiger partial charge on any atom is -0.264 e. The van der Waals surface area contributed by atoms with Crippen molar-refractivity contribution in [1.82, 2.24) is 0 Å². The van der Waals surface area contributed by atoms with Crippen LogP contribution in [0.25, 0.3) is 0 Å². The first-order chi connectivity index (χ1) is 5.61. The van der Waals surface area contributed by atoms with Crippen molar-refractivity contribution in [3.05, 3.63) is 44.2 Å². The third kappa shape index (κ3) is 1.66. The third-order valence-corrected chi connectivity index (χ3v) is 1.51. The molecular formula is C6H6N2O4. The van der Waals surface area contributed by atoms with Crippen LogP contribution in [-0.2, 0) is 0 Å². The van der Waals surface area contributed by atoms with E-state index in [1.54, 1.807) is 0 Å². The fraction of sp³-hybridized carbons (Fsp3) is 0.333. The van der Waals surface area contributed by atoms with Crippen LogP contribution in [0.3, 0.4) is 0 Å². The molecule has 0 aromatic carbocycles. The Bertz CT molecular complexity index is 281. The van der Waals surface area contributed by atoms with E-state index in [1.807, 2.05) is 0 Å². The second-order valence-electron chi connectivity index (χ2n) is 2.34. The second kappa shape index (κ2) is 3.12. The summed E-state index contributed by atoms with van der Waals surface area (Å²) in [6, 6.07) is -0.949. The molecular weight excluding hydrogens is 164 g/mol. The standard InChI is InChI=1S/C6H6N2O4/c9-7(10)5-2-1-3-6(4-5)8(11)12/h1-2,4,6H,3H2. The smallest absolute Gasteiger partial charge is 0.264 e. The highest BCUT2D eigenvalue weighted by atomic mass is 16.6. The Hall–Kier alpha value is -1.72. The van der Waals surface area contributed by atoms with Crippen molar-refractivity contribution in [1.29, 1.82) is 0 Å². The molecule has 1 unspecified atom stereocenters. The molecule has 0 aromatic heterocycles. The molecule has 6 nitrogen and oxygen atoms in total. The molecule has 0 aromatic rings. The molecule has 0 N–H and O–H groups in total. The summed E-state index contributed by atoms with van der Waals surface area (Å²) in [7, 11) is 0. The number of allylic oxidation sites excluding steroid dienone is 1. The number of hydrogen-bond acceptors (Lipinski definition) is 4. The second-order valence-corrected chi connectivity index (χ2v) is 2.34. The first kappa shape index (κ1) is 8.38. The highest BCUT2D eigenvalue weighted by Gasteiger charge is 2.23. The Morgan fingerprint density at radius 2 is 2.08 bits per heavy atom. The average Bonchev–Trinajstić information content (AvgIpc) is 2.04. The van der Waals surface area contributed by atoms with Gasteiger partial charge in [0.05, 0.1) is 11.0 Å². The van der Waals surface area contributed by atoms with E-state index in [0.717, 1.165) is 6.08 Å². The van der Waals surface area contributed by atoms with Crippen LogP contribution in [0.5, 0.6) is 0 Å². The summed E-state index contributed by atoms with van der Waals surface area (Å²) in [5.41, 5.74) is -0.206. The molecule has 0 fully saturated rings. The van der Waals surface area contributed by atoms with Crippen LogP contribution >= 0.6 is 0 Å². The van der Waals surface area contributed by atoms with Gasteiger partial charge >= 0.3 is 0 Å². The van der Waals surface area contributed by atoms with Crippen molar-refractivity contribution in [2.45, 2.75) is 12.5 Å². The van der Waals surface area contributed by atoms with Gasteiger partial charge in [-0.1, -0.05) is 6.08 Å². The lowest BCUT2D eigenvalue weighted by Crippen LogP contribution is -2.19. The van der Waals surface area contributed by atoms with E-state index in [-0.39, 0.29) is 12.1 Å². The number of rotatable bonds is 2. The predicted molar refractivity (Wildman–Crippen MR) is 39.6 cm³/mol. The lowest BCUT2D eigenvalue weighted by Gasteiger charge is -2.04. The van der Waals surface area contributed by atoms with Crippen molar-refractivity contribution in [2.75, 3.05) is 0 Å². The average molecular weight is 170 g/mol. The molecule has 0 aliphatic heterocycles. The topological polar surface area (TPSA) is 86.3 Å². The number of nitro groups is 2. The van der Waals surface area contributed by atoms with Gasteiger partial charge in [0.2, 0.25) is 6.04 Å². The Balaban J connectivity index is 2.82. The molecule has 1 rings (SSSR count). The van der Waals surface area contributed by atoms with E-state index >= 15 is 0 Å². The first-order valence-electron chi connectivity index (χ1n) is 3.27. The van der Waals surface area contributed by atoms with Crippen molar-refractivity contribution in [3.63, 3.8) is 0 Å². The van der Waals surface area contributed by atoms with Crippen LogP contribution in [0.4, 0.5) is 0 Å². The molecule has 12 heavy (non-hydrogen) atoms. The van der Waals surface area contributed by atoms with Crippen LogP contribution in [0.2, 0.25) is 0 Å². The van der Waals surface area contributed by atoms with Crippen molar-refractivity contribution in [3.8, 4) is 0 Å². The molecule has 0 bridgehead atoms. The largest absolute Gasteiger partial charge is 0.271 e. The molecule has 64 valence electrons. The molecule has 0 saturated carbocycles. The third-order valence-electron chi connectivity index (χ3n) is 1.51. The molecule has 6 heteroatoms. The SMILES string of the molecule is O=[N+]([O-])C1=CC([N+](=O)[O-])CC=C1. The van der Waals surface area contributed by atoms with E-state index < -0.39 is 15.9 Å². The van der Waals surface area contributed by atoms with Gasteiger partial charge in [-0.05, 0) is 0 Å². The summed E-state index contributed by atoms with van der Waals surface area (Å²) < 4.78 is 0. The summed E-state index contributed by atoms with van der Waals surface area (Å²) in [6.45, 7) is 0. The summed E-state index contributed by atoms with van der Waals surface area (Å²) in [6.07, 6.45) is 4.00. The zero-order valence-corrected chi connectivity index (χ0v) is 6.04. The van der Waals surface area contributed by atoms with Crippen LogP contribution < -0.4 is 0 Å². The molecule has 0 saturated heterocycles. The van der Waals surface area contributed by atoms with Crippen LogP contribution in [0, 0.1) is 20.2 Å². The summed E-state index contributed by atoms with van der Waals surface area (Å²) >= 11 is 0. The number of hydrogen-bond donors (Lipinski definition) is 0. The predicted octanol–water partition coefficient (Wildman–Crippen LogP) is 0.752. The van der Waals surface area contributed by atoms with Gasteiger partial charge in [0.25, 0.3) is 5.70 Å². The fourth-order valence-electron chi connectivity index (χ4n) is 0.918. The van der Waals surface area contributed by atoms with Crippen LogP contribution in [0.1, 0.15) is 6.42 Å². The van der Waals surface area contributed by atoms with Gasteiger partial charge in [-0.2, -0.15) is 0 Å². The maximum atomic E-state index is 10.2. The van der Waals surface area contributed by atoms with Gasteiger partial charge in [0.1, 0.15) is 0 Å². The van der Waals surface area contributed by atoms with E-state index in [9.17, 15) is 20.2 Å². The molecule has 0 radical (unpaired) electrons. The van der Waals surface area contributed by atoms with Crippen molar-refractivity contribution < 1.29 is 9.85 Å². The van der Waals surface area contributed by atoms with E-state index in [0.29, 0.717) is 0 Å². The van der Waals surface area contributed by atoms with Gasteiger partial charge in [0.15, 0.2) is 0 Å². The quantitative estimate of drug-likeness (QED) is 0.452. The van der Waals surface area contributed by atoms with Crippen molar-refractivity contribution in [2.24, 2.45) is 0 Å². The Morgan fingerprint density at radius 1 is 1.42 bits per heavy atom. The molecule has 0 spiro atoms. The maximum absolute atomic E-state index is 10.2. The Kier molecular flexibility index (Phi) is 2.18. The van der Waals surface area contributed by atoms with E-state index in [2.05, 4.69) is 0 Å². The summed E-state index contributed by atoms with van der Waals surface area (Å²) in [4.78, 5) is 19.2. The molecule has 1 aliphatic rings. The zero-order chi connectivity index (χ0) is 9.14. The summed E-state index contributed by atoms with van der Waals surface area (Å²) in [5.74, 6) is 0. The normalized spacial score (nSPS) is 21.7. The van der Waals surface area contributed by atoms with Gasteiger partial charge in [-0.25, -0.2) is 0 Å². The minimum atomic E-state index is -0.949.